The minimum atomic E-state index is -4.41. The van der Waals surface area contributed by atoms with Crippen LogP contribution in [0.2, 0.25) is 0 Å². The van der Waals surface area contributed by atoms with Crippen molar-refractivity contribution >= 4 is 11.6 Å². The van der Waals surface area contributed by atoms with Gasteiger partial charge in [-0.25, -0.2) is 0 Å². The largest absolute Gasteiger partial charge is 0.417 e. The van der Waals surface area contributed by atoms with Gasteiger partial charge < -0.3 is 5.32 Å². The highest BCUT2D eigenvalue weighted by molar-refractivity contribution is 5.99. The summed E-state index contributed by atoms with van der Waals surface area (Å²) in [4.78, 5) is 15.0. The summed E-state index contributed by atoms with van der Waals surface area (Å²) in [5, 5.41) is 2.57. The van der Waals surface area contributed by atoms with Crippen LogP contribution in [0.4, 0.5) is 18.9 Å². The third-order valence-corrected chi connectivity index (χ3v) is 2.70. The van der Waals surface area contributed by atoms with Crippen LogP contribution in [0.25, 0.3) is 11.3 Å². The molecule has 0 aliphatic carbocycles. The molecule has 0 bridgehead atoms. The summed E-state index contributed by atoms with van der Waals surface area (Å²) >= 11 is 0. The molecule has 0 atom stereocenters. The molecule has 21 heavy (non-hydrogen) atoms. The van der Waals surface area contributed by atoms with Crippen LogP contribution < -0.4 is 5.32 Å². The van der Waals surface area contributed by atoms with E-state index >= 15 is 0 Å². The maximum atomic E-state index is 12.5. The second-order valence-corrected chi connectivity index (χ2v) is 4.20. The van der Waals surface area contributed by atoms with Crippen molar-refractivity contribution in [1.82, 2.24) is 4.98 Å². The van der Waals surface area contributed by atoms with Crippen LogP contribution in [0.3, 0.4) is 0 Å². The zero-order valence-corrected chi connectivity index (χ0v) is 10.8. The van der Waals surface area contributed by atoms with E-state index < -0.39 is 11.7 Å². The van der Waals surface area contributed by atoms with Gasteiger partial charge in [0.25, 0.3) is 0 Å². The van der Waals surface area contributed by atoms with E-state index in [1.165, 1.54) is 6.07 Å². The lowest BCUT2D eigenvalue weighted by Crippen LogP contribution is -2.07. The number of amides is 1. The van der Waals surface area contributed by atoms with Crippen LogP contribution in [0.1, 0.15) is 5.56 Å². The fourth-order valence-corrected chi connectivity index (χ4v) is 1.68. The zero-order valence-electron chi connectivity index (χ0n) is 10.8. The molecule has 0 saturated heterocycles. The molecule has 1 amide bonds. The minimum absolute atomic E-state index is 0.368. The number of carbonyl (C=O) groups is 1. The number of anilines is 1. The second-order valence-electron chi connectivity index (χ2n) is 4.20. The Kier molecular flexibility index (Phi) is 4.07. The van der Waals surface area contributed by atoms with Gasteiger partial charge in [0.2, 0.25) is 5.91 Å². The zero-order chi connectivity index (χ0) is 15.5. The van der Waals surface area contributed by atoms with Crippen LogP contribution in [0, 0.1) is 0 Å². The number of nitrogens with one attached hydrogen (secondary N) is 1. The van der Waals surface area contributed by atoms with Gasteiger partial charge in [-0.15, -0.1) is 0 Å². The van der Waals surface area contributed by atoms with Crippen molar-refractivity contribution in [3.05, 3.63) is 60.8 Å². The molecule has 0 unspecified atom stereocenters. The van der Waals surface area contributed by atoms with E-state index in [1.807, 2.05) is 0 Å². The third kappa shape index (κ3) is 3.68. The fourth-order valence-electron chi connectivity index (χ4n) is 1.68. The van der Waals surface area contributed by atoms with E-state index in [0.29, 0.717) is 16.9 Å². The summed E-state index contributed by atoms with van der Waals surface area (Å²) in [5.41, 5.74) is 0.699. The molecule has 0 aliphatic heterocycles. The number of benzene rings is 1. The molecule has 0 radical (unpaired) electrons. The summed E-state index contributed by atoms with van der Waals surface area (Å²) in [5.74, 6) is -0.368. The Balaban J connectivity index is 2.28. The van der Waals surface area contributed by atoms with E-state index in [4.69, 9.17) is 0 Å². The van der Waals surface area contributed by atoms with Crippen LogP contribution in [0.5, 0.6) is 0 Å². The summed E-state index contributed by atoms with van der Waals surface area (Å²) < 4.78 is 37.4. The maximum Gasteiger partial charge on any atom is 0.417 e. The van der Waals surface area contributed by atoms with Gasteiger partial charge in [-0.1, -0.05) is 18.7 Å². The molecule has 2 aromatic rings. The van der Waals surface area contributed by atoms with Gasteiger partial charge in [-0.05, 0) is 30.3 Å². The summed E-state index contributed by atoms with van der Waals surface area (Å²) in [7, 11) is 0. The lowest BCUT2D eigenvalue weighted by Gasteiger charge is -2.08. The second kappa shape index (κ2) is 5.78. The van der Waals surface area contributed by atoms with Gasteiger partial charge >= 0.3 is 6.18 Å². The first kappa shape index (κ1) is 14.8. The van der Waals surface area contributed by atoms with Gasteiger partial charge in [-0.2, -0.15) is 13.2 Å². The van der Waals surface area contributed by atoms with Gasteiger partial charge in [0, 0.05) is 17.4 Å². The first-order valence-electron chi connectivity index (χ1n) is 5.97. The molecular formula is C15H11F3N2O. The van der Waals surface area contributed by atoms with Crippen molar-refractivity contribution in [2.45, 2.75) is 6.18 Å². The molecular weight excluding hydrogens is 281 g/mol. The molecule has 0 fully saturated rings. The number of pyridine rings is 1. The van der Waals surface area contributed by atoms with Crippen molar-refractivity contribution in [3.63, 3.8) is 0 Å². The van der Waals surface area contributed by atoms with Crippen LogP contribution in [-0.4, -0.2) is 10.9 Å². The number of carbonyl (C=O) groups excluding carboxylic acids is 1. The molecule has 3 nitrogen and oxygen atoms in total. The number of rotatable bonds is 3. The Morgan fingerprint density at radius 3 is 2.57 bits per heavy atom. The number of halogens is 3. The number of hydrogen-bond donors (Lipinski definition) is 1. The quantitative estimate of drug-likeness (QED) is 0.872. The molecule has 0 spiro atoms. The standard InChI is InChI=1S/C15H11F3N2O/c1-2-14(21)20-12-5-3-4-10(8-12)13-7-6-11(9-19-13)15(16,17)18/h2-9H,1H2,(H,20,21). The number of aromatic nitrogens is 1. The van der Waals surface area contributed by atoms with Crippen molar-refractivity contribution in [1.29, 1.82) is 0 Å². The predicted molar refractivity (Wildman–Crippen MR) is 73.5 cm³/mol. The number of nitrogens with zero attached hydrogens (tertiary/aromatic N) is 1. The van der Waals surface area contributed by atoms with E-state index in [-0.39, 0.29) is 5.91 Å². The van der Waals surface area contributed by atoms with E-state index in [1.54, 1.807) is 24.3 Å². The van der Waals surface area contributed by atoms with Gasteiger partial charge in [-0.3, -0.25) is 9.78 Å². The highest BCUT2D eigenvalue weighted by atomic mass is 19.4. The Morgan fingerprint density at radius 2 is 2.00 bits per heavy atom. The third-order valence-electron chi connectivity index (χ3n) is 2.70. The molecule has 2 rings (SSSR count). The minimum Gasteiger partial charge on any atom is -0.323 e. The molecule has 6 heteroatoms. The van der Waals surface area contributed by atoms with E-state index in [2.05, 4.69) is 16.9 Å². The number of alkyl halides is 3. The van der Waals surface area contributed by atoms with Gasteiger partial charge in [0.05, 0.1) is 11.3 Å². The first-order chi connectivity index (χ1) is 9.90. The average molecular weight is 292 g/mol. The lowest BCUT2D eigenvalue weighted by molar-refractivity contribution is -0.137. The first-order valence-corrected chi connectivity index (χ1v) is 5.97. The van der Waals surface area contributed by atoms with Gasteiger partial charge in [0.1, 0.15) is 0 Å². The maximum absolute atomic E-state index is 12.5. The molecule has 0 aliphatic rings. The summed E-state index contributed by atoms with van der Waals surface area (Å²) in [6.45, 7) is 3.34. The lowest BCUT2D eigenvalue weighted by atomic mass is 10.1. The Hall–Kier alpha value is -2.63. The normalized spacial score (nSPS) is 11.0. The Morgan fingerprint density at radius 1 is 1.24 bits per heavy atom. The van der Waals surface area contributed by atoms with E-state index in [0.717, 1.165) is 18.3 Å². The molecule has 1 heterocycles. The Labute approximate surface area is 119 Å². The molecule has 0 saturated carbocycles. The average Bonchev–Trinajstić information content (AvgIpc) is 2.46. The topological polar surface area (TPSA) is 42.0 Å². The highest BCUT2D eigenvalue weighted by Gasteiger charge is 2.30. The van der Waals surface area contributed by atoms with Crippen molar-refractivity contribution in [3.8, 4) is 11.3 Å². The number of hydrogen-bond acceptors (Lipinski definition) is 2. The smallest absolute Gasteiger partial charge is 0.323 e. The highest BCUT2D eigenvalue weighted by Crippen LogP contribution is 2.30. The fraction of sp³-hybridized carbons (Fsp3) is 0.0667. The van der Waals surface area contributed by atoms with Gasteiger partial charge in [0.15, 0.2) is 0 Å². The van der Waals surface area contributed by atoms with E-state index in [9.17, 15) is 18.0 Å². The van der Waals surface area contributed by atoms with Crippen LogP contribution in [0.15, 0.2) is 55.3 Å². The van der Waals surface area contributed by atoms with Crippen molar-refractivity contribution in [2.75, 3.05) is 5.32 Å². The van der Waals surface area contributed by atoms with Crippen LogP contribution in [-0.2, 0) is 11.0 Å². The summed E-state index contributed by atoms with van der Waals surface area (Å²) in [6, 6.07) is 8.91. The Bertz CT molecular complexity index is 663. The SMILES string of the molecule is C=CC(=O)Nc1cccc(-c2ccc(C(F)(F)F)cn2)c1. The molecule has 1 aromatic heterocycles. The predicted octanol–water partition coefficient (Wildman–Crippen LogP) is 3.89. The molecule has 108 valence electrons. The summed E-state index contributed by atoms with van der Waals surface area (Å²) in [6.07, 6.45) is -2.50. The van der Waals surface area contributed by atoms with Crippen LogP contribution >= 0.6 is 0 Å². The van der Waals surface area contributed by atoms with Crippen molar-refractivity contribution in [2.24, 2.45) is 0 Å². The monoisotopic (exact) mass is 292 g/mol. The van der Waals surface area contributed by atoms with Crippen molar-refractivity contribution < 1.29 is 18.0 Å². The molecule has 1 N–H and O–H groups in total. The molecule has 1 aromatic carbocycles.